The van der Waals surface area contributed by atoms with E-state index in [9.17, 15) is 18.0 Å². The molecular formula is C25H30F3N3O3. The van der Waals surface area contributed by atoms with E-state index in [1.165, 1.54) is 12.1 Å². The first kappa shape index (κ1) is 24.2. The van der Waals surface area contributed by atoms with Crippen molar-refractivity contribution in [1.29, 1.82) is 0 Å². The summed E-state index contributed by atoms with van der Waals surface area (Å²) >= 11 is 0. The Kier molecular flexibility index (Phi) is 7.21. The number of methoxy groups -OCH3 is 2. The normalized spacial score (nSPS) is 19.4. The van der Waals surface area contributed by atoms with Gasteiger partial charge in [-0.25, -0.2) is 0 Å². The summed E-state index contributed by atoms with van der Waals surface area (Å²) in [4.78, 5) is 19.0. The summed E-state index contributed by atoms with van der Waals surface area (Å²) in [6, 6.07) is 11.2. The number of alkyl halides is 3. The molecule has 2 heterocycles. The van der Waals surface area contributed by atoms with Gasteiger partial charge in [-0.3, -0.25) is 9.69 Å². The van der Waals surface area contributed by atoms with Gasteiger partial charge in [0.1, 0.15) is 11.5 Å². The van der Waals surface area contributed by atoms with Crippen molar-refractivity contribution >= 4 is 11.6 Å². The van der Waals surface area contributed by atoms with Gasteiger partial charge < -0.3 is 19.3 Å². The van der Waals surface area contributed by atoms with Crippen LogP contribution in [0, 0.1) is 0 Å². The second-order valence-corrected chi connectivity index (χ2v) is 8.65. The van der Waals surface area contributed by atoms with Crippen molar-refractivity contribution in [3.63, 3.8) is 0 Å². The Bertz CT molecular complexity index is 1010. The van der Waals surface area contributed by atoms with Crippen LogP contribution in [-0.4, -0.2) is 69.2 Å². The van der Waals surface area contributed by atoms with Gasteiger partial charge in [0.25, 0.3) is 0 Å². The molecule has 0 spiro atoms. The van der Waals surface area contributed by atoms with Crippen molar-refractivity contribution in [3.05, 3.63) is 53.6 Å². The summed E-state index contributed by atoms with van der Waals surface area (Å²) in [6.07, 6.45) is -2.43. The van der Waals surface area contributed by atoms with E-state index in [2.05, 4.69) is 4.90 Å². The van der Waals surface area contributed by atoms with E-state index in [0.717, 1.165) is 42.5 Å². The van der Waals surface area contributed by atoms with Gasteiger partial charge in [0.05, 0.1) is 26.3 Å². The summed E-state index contributed by atoms with van der Waals surface area (Å²) in [5.41, 5.74) is 0.925. The molecule has 4 rings (SSSR count). The average molecular weight is 478 g/mol. The van der Waals surface area contributed by atoms with E-state index >= 15 is 0 Å². The number of anilines is 1. The first-order valence-corrected chi connectivity index (χ1v) is 11.5. The first-order chi connectivity index (χ1) is 16.3. The smallest absolute Gasteiger partial charge is 0.416 e. The van der Waals surface area contributed by atoms with Gasteiger partial charge in [-0.15, -0.1) is 0 Å². The van der Waals surface area contributed by atoms with Crippen LogP contribution in [0.25, 0.3) is 0 Å². The minimum absolute atomic E-state index is 0.0445. The molecule has 184 valence electrons. The molecule has 0 bridgehead atoms. The minimum Gasteiger partial charge on any atom is -0.497 e. The molecule has 1 atom stereocenters. The van der Waals surface area contributed by atoms with E-state index in [1.54, 1.807) is 20.3 Å². The van der Waals surface area contributed by atoms with Crippen LogP contribution in [0.3, 0.4) is 0 Å². The summed E-state index contributed by atoms with van der Waals surface area (Å²) in [7, 11) is 3.24. The highest BCUT2D eigenvalue weighted by molar-refractivity contribution is 5.78. The number of hydrogen-bond acceptors (Lipinski definition) is 5. The van der Waals surface area contributed by atoms with E-state index in [1.807, 2.05) is 28.0 Å². The van der Waals surface area contributed by atoms with Crippen LogP contribution in [0.5, 0.6) is 11.5 Å². The molecule has 2 fully saturated rings. The standard InChI is InChI=1S/C25H30F3N3O3/c1-33-20-8-9-21(23(16-20)34-2)22-7-4-10-31(22)17-24(32)30-13-11-29(12-14-30)19-6-3-5-18(15-19)25(26,27)28/h3,5-6,8-9,15-16,22H,4,7,10-14,17H2,1-2H3. The zero-order valence-corrected chi connectivity index (χ0v) is 19.5. The highest BCUT2D eigenvalue weighted by Crippen LogP contribution is 2.38. The number of hydrogen-bond donors (Lipinski definition) is 0. The molecule has 34 heavy (non-hydrogen) atoms. The van der Waals surface area contributed by atoms with Gasteiger partial charge >= 0.3 is 6.18 Å². The first-order valence-electron chi connectivity index (χ1n) is 11.5. The lowest BCUT2D eigenvalue weighted by molar-refractivity contribution is -0.137. The molecule has 2 aliphatic heterocycles. The maximum atomic E-state index is 13.1. The largest absolute Gasteiger partial charge is 0.497 e. The summed E-state index contributed by atoms with van der Waals surface area (Å²) < 4.78 is 50.0. The second kappa shape index (κ2) is 10.1. The van der Waals surface area contributed by atoms with Crippen LogP contribution in [-0.2, 0) is 11.0 Å². The second-order valence-electron chi connectivity index (χ2n) is 8.65. The fourth-order valence-corrected chi connectivity index (χ4v) is 4.83. The lowest BCUT2D eigenvalue weighted by atomic mass is 10.0. The Morgan fingerprint density at radius 2 is 1.76 bits per heavy atom. The lowest BCUT2D eigenvalue weighted by Crippen LogP contribution is -2.51. The van der Waals surface area contributed by atoms with Gasteiger partial charge in [-0.1, -0.05) is 12.1 Å². The molecule has 1 amide bonds. The SMILES string of the molecule is COc1ccc(C2CCCN2CC(=O)N2CCN(c3cccc(C(F)(F)F)c3)CC2)c(OC)c1. The molecule has 0 aromatic heterocycles. The molecule has 0 N–H and O–H groups in total. The number of amides is 1. The predicted octanol–water partition coefficient (Wildman–Crippen LogP) is 4.21. The molecule has 1 unspecified atom stereocenters. The van der Waals surface area contributed by atoms with E-state index in [0.29, 0.717) is 38.4 Å². The van der Waals surface area contributed by atoms with Gasteiger partial charge in [0.15, 0.2) is 0 Å². The maximum absolute atomic E-state index is 13.1. The van der Waals surface area contributed by atoms with Gasteiger partial charge in [0.2, 0.25) is 5.91 Å². The summed E-state index contributed by atoms with van der Waals surface area (Å²) in [5.74, 6) is 1.52. The zero-order chi connectivity index (χ0) is 24.3. The number of carbonyl (C=O) groups is 1. The van der Waals surface area contributed by atoms with Crippen LogP contribution in [0.15, 0.2) is 42.5 Å². The Labute approximate surface area is 197 Å². The molecule has 2 aromatic rings. The van der Waals surface area contributed by atoms with Crippen molar-refractivity contribution in [3.8, 4) is 11.5 Å². The van der Waals surface area contributed by atoms with Crippen LogP contribution >= 0.6 is 0 Å². The van der Waals surface area contributed by atoms with E-state index < -0.39 is 11.7 Å². The Balaban J connectivity index is 1.37. The Morgan fingerprint density at radius 1 is 1.00 bits per heavy atom. The van der Waals surface area contributed by atoms with Crippen molar-refractivity contribution in [2.45, 2.75) is 25.1 Å². The van der Waals surface area contributed by atoms with Crippen LogP contribution in [0.2, 0.25) is 0 Å². The third kappa shape index (κ3) is 5.24. The van der Waals surface area contributed by atoms with Crippen molar-refractivity contribution in [1.82, 2.24) is 9.80 Å². The number of rotatable bonds is 6. The number of benzene rings is 2. The van der Waals surface area contributed by atoms with E-state index in [4.69, 9.17) is 9.47 Å². The van der Waals surface area contributed by atoms with Crippen LogP contribution < -0.4 is 14.4 Å². The molecule has 2 aromatic carbocycles. The van der Waals surface area contributed by atoms with E-state index in [-0.39, 0.29) is 11.9 Å². The number of carbonyl (C=O) groups excluding carboxylic acids is 1. The molecule has 0 radical (unpaired) electrons. The van der Waals surface area contributed by atoms with Gasteiger partial charge in [0, 0.05) is 49.5 Å². The quantitative estimate of drug-likeness (QED) is 0.624. The van der Waals surface area contributed by atoms with Gasteiger partial charge in [-0.05, 0) is 43.7 Å². The predicted molar refractivity (Wildman–Crippen MR) is 123 cm³/mol. The molecule has 2 aliphatic rings. The molecule has 0 saturated carbocycles. The topological polar surface area (TPSA) is 45.2 Å². The fraction of sp³-hybridized carbons (Fsp3) is 0.480. The zero-order valence-electron chi connectivity index (χ0n) is 19.5. The maximum Gasteiger partial charge on any atom is 0.416 e. The lowest BCUT2D eigenvalue weighted by Gasteiger charge is -2.37. The van der Waals surface area contributed by atoms with Crippen LogP contribution in [0.1, 0.15) is 30.0 Å². The molecule has 0 aliphatic carbocycles. The Morgan fingerprint density at radius 3 is 2.44 bits per heavy atom. The average Bonchev–Trinajstić information content (AvgIpc) is 3.31. The summed E-state index contributed by atoms with van der Waals surface area (Å²) in [6.45, 7) is 3.11. The summed E-state index contributed by atoms with van der Waals surface area (Å²) in [5, 5.41) is 0. The minimum atomic E-state index is -4.37. The van der Waals surface area contributed by atoms with Gasteiger partial charge in [-0.2, -0.15) is 13.2 Å². The molecule has 2 saturated heterocycles. The number of nitrogens with zero attached hydrogens (tertiary/aromatic N) is 3. The number of likely N-dealkylation sites (tertiary alicyclic amines) is 1. The number of halogens is 3. The highest BCUT2D eigenvalue weighted by Gasteiger charge is 2.33. The van der Waals surface area contributed by atoms with Crippen molar-refractivity contribution < 1.29 is 27.4 Å². The monoisotopic (exact) mass is 477 g/mol. The van der Waals surface area contributed by atoms with Crippen molar-refractivity contribution in [2.24, 2.45) is 0 Å². The fourth-order valence-electron chi connectivity index (χ4n) is 4.83. The third-order valence-corrected chi connectivity index (χ3v) is 6.67. The number of ether oxygens (including phenoxy) is 2. The highest BCUT2D eigenvalue weighted by atomic mass is 19.4. The van der Waals surface area contributed by atoms with Crippen LogP contribution in [0.4, 0.5) is 18.9 Å². The molecular weight excluding hydrogens is 447 g/mol. The molecule has 9 heteroatoms. The number of piperazine rings is 1. The van der Waals surface area contributed by atoms with Crippen molar-refractivity contribution in [2.75, 3.05) is 58.4 Å². The molecule has 6 nitrogen and oxygen atoms in total. The Hall–Kier alpha value is -2.94. The third-order valence-electron chi connectivity index (χ3n) is 6.67.